The van der Waals surface area contributed by atoms with E-state index in [9.17, 15) is 4.79 Å². The second-order valence-electron chi connectivity index (χ2n) is 5.58. The summed E-state index contributed by atoms with van der Waals surface area (Å²) >= 11 is 1.43. The molecule has 3 rings (SSSR count). The van der Waals surface area contributed by atoms with E-state index in [0.29, 0.717) is 35.1 Å². The lowest BCUT2D eigenvalue weighted by molar-refractivity contribution is -0.115. The molecule has 1 amide bonds. The average Bonchev–Trinajstić information content (AvgIpc) is 3.28. The molecule has 0 saturated carbocycles. The number of tetrazole rings is 1. The van der Waals surface area contributed by atoms with E-state index in [4.69, 9.17) is 10.00 Å². The first-order chi connectivity index (χ1) is 12.3. The van der Waals surface area contributed by atoms with Crippen molar-refractivity contribution < 1.29 is 9.53 Å². The van der Waals surface area contributed by atoms with Crippen molar-refractivity contribution in [2.45, 2.75) is 37.1 Å². The maximum Gasteiger partial charge on any atom is 0.225 e. The number of nitriles is 1. The standard InChI is InChI=1S/C16H18N6O2S/c17-10-12-4-1-2-6-14(12)18-15(23)7-9-25-16-19-20-21-22(16)11-13-5-3-8-24-13/h1-2,4,6,13H,3,5,7-9,11H2,(H,18,23)/t13-/m1/s1. The molecule has 0 aliphatic carbocycles. The second-order valence-corrected chi connectivity index (χ2v) is 6.64. The summed E-state index contributed by atoms with van der Waals surface area (Å²) in [5.41, 5.74) is 0.979. The number of thioether (sulfide) groups is 1. The minimum absolute atomic E-state index is 0.145. The summed E-state index contributed by atoms with van der Waals surface area (Å²) in [5, 5.41) is 24.2. The van der Waals surface area contributed by atoms with Gasteiger partial charge in [0.1, 0.15) is 6.07 Å². The number of para-hydroxylation sites is 1. The summed E-state index contributed by atoms with van der Waals surface area (Å²) in [6.07, 6.45) is 2.55. The summed E-state index contributed by atoms with van der Waals surface area (Å²) in [6.45, 7) is 1.43. The molecular formula is C16H18N6O2S. The molecular weight excluding hydrogens is 340 g/mol. The van der Waals surface area contributed by atoms with Crippen LogP contribution in [0.25, 0.3) is 0 Å². The lowest BCUT2D eigenvalue weighted by Gasteiger charge is -2.10. The van der Waals surface area contributed by atoms with Gasteiger partial charge in [0.15, 0.2) is 0 Å². The molecule has 0 spiro atoms. The molecule has 1 aromatic heterocycles. The Bertz CT molecular complexity index is 766. The topological polar surface area (TPSA) is 106 Å². The Balaban J connectivity index is 1.47. The Kier molecular flexibility index (Phi) is 5.98. The van der Waals surface area contributed by atoms with Crippen molar-refractivity contribution in [3.05, 3.63) is 29.8 Å². The molecule has 0 unspecified atom stereocenters. The van der Waals surface area contributed by atoms with E-state index in [1.54, 1.807) is 28.9 Å². The molecule has 0 bridgehead atoms. The zero-order valence-electron chi connectivity index (χ0n) is 13.6. The van der Waals surface area contributed by atoms with Crippen molar-refractivity contribution in [3.63, 3.8) is 0 Å². The first-order valence-corrected chi connectivity index (χ1v) is 9.04. The largest absolute Gasteiger partial charge is 0.376 e. The number of carbonyl (C=O) groups excluding carboxylic acids is 1. The molecule has 1 N–H and O–H groups in total. The van der Waals surface area contributed by atoms with Crippen LogP contribution in [0.2, 0.25) is 0 Å². The van der Waals surface area contributed by atoms with Crippen LogP contribution in [0.5, 0.6) is 0 Å². The van der Waals surface area contributed by atoms with Gasteiger partial charge in [0.25, 0.3) is 0 Å². The predicted octanol–water partition coefficient (Wildman–Crippen LogP) is 1.84. The summed E-state index contributed by atoms with van der Waals surface area (Å²) in [7, 11) is 0. The number of benzene rings is 1. The van der Waals surface area contributed by atoms with Crippen LogP contribution in [0, 0.1) is 11.3 Å². The van der Waals surface area contributed by atoms with Crippen molar-refractivity contribution in [1.82, 2.24) is 20.2 Å². The van der Waals surface area contributed by atoms with Crippen LogP contribution >= 0.6 is 11.8 Å². The van der Waals surface area contributed by atoms with Crippen LogP contribution in [0.15, 0.2) is 29.4 Å². The number of aromatic nitrogens is 4. The fraction of sp³-hybridized carbons (Fsp3) is 0.438. The number of rotatable bonds is 7. The zero-order chi connectivity index (χ0) is 17.5. The van der Waals surface area contributed by atoms with E-state index in [2.05, 4.69) is 26.9 Å². The third kappa shape index (κ3) is 4.78. The van der Waals surface area contributed by atoms with Crippen LogP contribution in [0.3, 0.4) is 0 Å². The average molecular weight is 358 g/mol. The third-order valence-corrected chi connectivity index (χ3v) is 4.74. The van der Waals surface area contributed by atoms with E-state index < -0.39 is 0 Å². The van der Waals surface area contributed by atoms with Gasteiger partial charge in [-0.25, -0.2) is 4.68 Å². The molecule has 1 fully saturated rings. The van der Waals surface area contributed by atoms with Gasteiger partial charge in [-0.15, -0.1) is 5.10 Å². The minimum Gasteiger partial charge on any atom is -0.376 e. The number of anilines is 1. The molecule has 8 nitrogen and oxygen atoms in total. The fourth-order valence-electron chi connectivity index (χ4n) is 2.53. The Hall–Kier alpha value is -2.44. The summed E-state index contributed by atoms with van der Waals surface area (Å²) in [5.74, 6) is 0.403. The molecule has 0 radical (unpaired) electrons. The number of amides is 1. The quantitative estimate of drug-likeness (QED) is 0.753. The fourth-order valence-corrected chi connectivity index (χ4v) is 3.36. The van der Waals surface area contributed by atoms with Gasteiger partial charge in [-0.1, -0.05) is 23.9 Å². The molecule has 1 aliphatic rings. The zero-order valence-corrected chi connectivity index (χ0v) is 14.4. The lowest BCUT2D eigenvalue weighted by Crippen LogP contribution is -2.17. The van der Waals surface area contributed by atoms with E-state index in [0.717, 1.165) is 19.4 Å². The van der Waals surface area contributed by atoms with Gasteiger partial charge in [-0.2, -0.15) is 5.26 Å². The van der Waals surface area contributed by atoms with Crippen LogP contribution < -0.4 is 5.32 Å². The van der Waals surface area contributed by atoms with Crippen molar-refractivity contribution in [2.24, 2.45) is 0 Å². The molecule has 9 heteroatoms. The molecule has 1 atom stereocenters. The number of hydrogen-bond acceptors (Lipinski definition) is 7. The second kappa shape index (κ2) is 8.60. The lowest BCUT2D eigenvalue weighted by atomic mass is 10.2. The summed E-state index contributed by atoms with van der Waals surface area (Å²) in [4.78, 5) is 12.1. The first-order valence-electron chi connectivity index (χ1n) is 8.06. The highest BCUT2D eigenvalue weighted by Gasteiger charge is 2.19. The van der Waals surface area contributed by atoms with Gasteiger partial charge in [0.2, 0.25) is 11.1 Å². The Morgan fingerprint density at radius 2 is 2.36 bits per heavy atom. The smallest absolute Gasteiger partial charge is 0.225 e. The SMILES string of the molecule is N#Cc1ccccc1NC(=O)CCSc1nnnn1C[C@H]1CCCO1. The van der Waals surface area contributed by atoms with E-state index in [1.165, 1.54) is 11.8 Å². The van der Waals surface area contributed by atoms with Crippen molar-refractivity contribution in [3.8, 4) is 6.07 Å². The van der Waals surface area contributed by atoms with Crippen molar-refractivity contribution >= 4 is 23.4 Å². The first kappa shape index (κ1) is 17.4. The molecule has 2 heterocycles. The summed E-state index contributed by atoms with van der Waals surface area (Å²) in [6, 6.07) is 8.99. The predicted molar refractivity (Wildman–Crippen MR) is 91.9 cm³/mol. The maximum absolute atomic E-state index is 12.1. The number of nitrogens with zero attached hydrogens (tertiary/aromatic N) is 5. The molecule has 25 heavy (non-hydrogen) atoms. The van der Waals surface area contributed by atoms with Gasteiger partial charge in [-0.05, 0) is 35.4 Å². The van der Waals surface area contributed by atoms with Crippen LogP contribution in [0.1, 0.15) is 24.8 Å². The normalized spacial score (nSPS) is 16.5. The molecule has 2 aromatic rings. The van der Waals surface area contributed by atoms with E-state index in [1.807, 2.05) is 0 Å². The van der Waals surface area contributed by atoms with Crippen molar-refractivity contribution in [1.29, 1.82) is 5.26 Å². The monoisotopic (exact) mass is 358 g/mol. The highest BCUT2D eigenvalue weighted by Crippen LogP contribution is 2.19. The van der Waals surface area contributed by atoms with Gasteiger partial charge in [0, 0.05) is 18.8 Å². The van der Waals surface area contributed by atoms with E-state index >= 15 is 0 Å². The van der Waals surface area contributed by atoms with Gasteiger partial charge < -0.3 is 10.1 Å². The molecule has 1 aliphatic heterocycles. The Labute approximate surface area is 149 Å². The van der Waals surface area contributed by atoms with Crippen LogP contribution in [-0.4, -0.2) is 44.6 Å². The van der Waals surface area contributed by atoms with Crippen LogP contribution in [-0.2, 0) is 16.1 Å². The molecule has 130 valence electrons. The van der Waals surface area contributed by atoms with E-state index in [-0.39, 0.29) is 12.0 Å². The molecule has 1 aromatic carbocycles. The number of nitrogens with one attached hydrogen (secondary N) is 1. The van der Waals surface area contributed by atoms with Gasteiger partial charge >= 0.3 is 0 Å². The highest BCUT2D eigenvalue weighted by molar-refractivity contribution is 7.99. The Morgan fingerprint density at radius 1 is 1.48 bits per heavy atom. The number of carbonyl (C=O) groups is 1. The van der Waals surface area contributed by atoms with Crippen LogP contribution in [0.4, 0.5) is 5.69 Å². The van der Waals surface area contributed by atoms with Gasteiger partial charge in [0.05, 0.1) is 23.9 Å². The number of hydrogen-bond donors (Lipinski definition) is 1. The Morgan fingerprint density at radius 3 is 3.16 bits per heavy atom. The minimum atomic E-state index is -0.145. The number of ether oxygens (including phenoxy) is 1. The highest BCUT2D eigenvalue weighted by atomic mass is 32.2. The summed E-state index contributed by atoms with van der Waals surface area (Å²) < 4.78 is 7.32. The van der Waals surface area contributed by atoms with Crippen molar-refractivity contribution in [2.75, 3.05) is 17.7 Å². The van der Waals surface area contributed by atoms with Gasteiger partial charge in [-0.3, -0.25) is 4.79 Å². The maximum atomic E-state index is 12.1. The molecule has 1 saturated heterocycles. The third-order valence-electron chi connectivity index (χ3n) is 3.78.